The van der Waals surface area contributed by atoms with E-state index in [0.717, 1.165) is 12.0 Å². The number of nitrogens with zero attached hydrogens (tertiary/aromatic N) is 5. The van der Waals surface area contributed by atoms with Gasteiger partial charge in [-0.2, -0.15) is 0 Å². The van der Waals surface area contributed by atoms with E-state index in [-0.39, 0.29) is 49.1 Å². The Hall–Kier alpha value is -4.25. The quantitative estimate of drug-likeness (QED) is 0.146. The molecule has 1 N–H and O–H groups in total. The van der Waals surface area contributed by atoms with Crippen LogP contribution in [-0.4, -0.2) is 130 Å². The summed E-state index contributed by atoms with van der Waals surface area (Å²) in [6.45, 7) is 18.6. The summed E-state index contributed by atoms with van der Waals surface area (Å²) in [7, 11) is 5.60. The number of fused-ring (bicyclic) bond motifs is 1. The molecular formula is C46H70N6O10. The molecule has 13 atom stereocenters. The summed E-state index contributed by atoms with van der Waals surface area (Å²) in [6, 6.07) is 6.71. The van der Waals surface area contributed by atoms with Crippen molar-refractivity contribution in [3.63, 3.8) is 0 Å². The van der Waals surface area contributed by atoms with Crippen molar-refractivity contribution < 1.29 is 47.7 Å². The van der Waals surface area contributed by atoms with Crippen molar-refractivity contribution in [1.82, 2.24) is 24.8 Å². The van der Waals surface area contributed by atoms with E-state index in [1.807, 2.05) is 73.1 Å². The van der Waals surface area contributed by atoms with Gasteiger partial charge in [0.25, 0.3) is 0 Å². The molecule has 16 heteroatoms. The number of rotatable bonds is 12. The average molecular weight is 867 g/mol. The lowest BCUT2D eigenvalue weighted by Gasteiger charge is -2.47. The summed E-state index contributed by atoms with van der Waals surface area (Å²) in [5.41, 5.74) is -0.482. The van der Waals surface area contributed by atoms with Gasteiger partial charge in [-0.25, -0.2) is 4.79 Å². The number of aryl methyl sites for hydroxylation is 1. The maximum Gasteiger partial charge on any atom is 0.410 e. The van der Waals surface area contributed by atoms with Crippen LogP contribution in [0.25, 0.3) is 11.3 Å². The fourth-order valence-corrected chi connectivity index (χ4v) is 10.1. The van der Waals surface area contributed by atoms with Crippen molar-refractivity contribution in [2.45, 2.75) is 156 Å². The molecule has 5 rings (SSSR count). The molecule has 1 aromatic carbocycles. The number of Topliss-reactive ketones (excluding diaryl/α,β-unsaturated/α-hetero) is 2. The average Bonchev–Trinajstić information content (AvgIpc) is 3.80. The SMILES string of the molecule is CC[C@H]1OC(=O)[C@H](C)C(=O)[C@H](C)[C@@H](O[C@@H]2O[C@H](C)C[C@H](N(C)C)[C@H]2C)[C@@](C)(OC)C[C@@H](C)C(=O)[C@H](C)[C@@H]2N(CCCCn3cc(-c4cccc(NC(C)=O)c4)nn3)C(=O)O[C@@]21C. The van der Waals surface area contributed by atoms with Crippen molar-refractivity contribution in [1.29, 1.82) is 0 Å². The number of hydrogen-bond acceptors (Lipinski definition) is 13. The molecule has 3 aliphatic heterocycles. The van der Waals surface area contributed by atoms with E-state index in [1.54, 1.807) is 36.6 Å². The summed E-state index contributed by atoms with van der Waals surface area (Å²) in [4.78, 5) is 72.5. The van der Waals surface area contributed by atoms with Gasteiger partial charge in [0.2, 0.25) is 5.91 Å². The van der Waals surface area contributed by atoms with E-state index in [0.29, 0.717) is 30.8 Å². The maximum atomic E-state index is 14.8. The second-order valence-electron chi connectivity index (χ2n) is 18.6. The highest BCUT2D eigenvalue weighted by molar-refractivity contribution is 6.00. The molecule has 0 radical (unpaired) electrons. The number of nitrogens with one attached hydrogen (secondary N) is 1. The number of cyclic esters (lactones) is 1. The number of benzene rings is 1. The molecular weight excluding hydrogens is 797 g/mol. The Labute approximate surface area is 367 Å². The van der Waals surface area contributed by atoms with Crippen molar-refractivity contribution in [3.8, 4) is 11.3 Å². The highest BCUT2D eigenvalue weighted by atomic mass is 16.7. The first-order valence-corrected chi connectivity index (χ1v) is 22.2. The summed E-state index contributed by atoms with van der Waals surface area (Å²) in [5.74, 6) is -4.90. The van der Waals surface area contributed by atoms with E-state index in [2.05, 4.69) is 27.5 Å². The minimum absolute atomic E-state index is 0.0679. The second-order valence-corrected chi connectivity index (χ2v) is 18.6. The van der Waals surface area contributed by atoms with E-state index in [1.165, 1.54) is 13.8 Å². The second kappa shape index (κ2) is 20.1. The number of amides is 2. The van der Waals surface area contributed by atoms with Crippen LogP contribution < -0.4 is 5.32 Å². The Kier molecular flexibility index (Phi) is 15.8. The molecule has 4 heterocycles. The standard InChI is InChI=1S/C46H70N6O10/c1-14-37-46(10)40(52(44(57)62-46)21-16-15-20-51-25-35(48-49-51)33-18-17-19-34(23-33)47-32(8)53)29(5)38(54)26(2)24-45(9,58-13)41(30(6)39(55)31(7)42(56)60-37)61-43-28(4)36(50(11)12)22-27(3)59-43/h17-19,23,25-31,36-37,40-41,43H,14-16,20-22,24H2,1-13H3,(H,47,53)/t26-,27-,28-,29+,30+,31-,36+,37-,40+,41-,43+,45+,46-/m1/s1. The third-order valence-electron chi connectivity index (χ3n) is 13.6. The monoisotopic (exact) mass is 867 g/mol. The van der Waals surface area contributed by atoms with Gasteiger partial charge in [0.1, 0.15) is 23.5 Å². The van der Waals surface area contributed by atoms with Crippen molar-refractivity contribution in [3.05, 3.63) is 30.5 Å². The molecule has 62 heavy (non-hydrogen) atoms. The van der Waals surface area contributed by atoms with E-state index in [9.17, 15) is 24.0 Å². The molecule has 16 nitrogen and oxygen atoms in total. The van der Waals surface area contributed by atoms with Crippen LogP contribution in [0.3, 0.4) is 0 Å². The zero-order valence-corrected chi connectivity index (χ0v) is 39.0. The largest absolute Gasteiger partial charge is 0.458 e. The van der Waals surface area contributed by atoms with E-state index >= 15 is 0 Å². The fraction of sp³-hybridized carbons (Fsp3) is 0.717. The van der Waals surface area contributed by atoms with Crippen molar-refractivity contribution in [2.24, 2.45) is 29.6 Å². The van der Waals surface area contributed by atoms with Crippen LogP contribution in [0.4, 0.5) is 10.5 Å². The Bertz CT molecular complexity index is 1920. The molecule has 3 aliphatic rings. The normalized spacial score (nSPS) is 35.0. The fourth-order valence-electron chi connectivity index (χ4n) is 10.1. The number of carbonyl (C=O) groups is 5. The van der Waals surface area contributed by atoms with Crippen molar-refractivity contribution >= 4 is 35.2 Å². The zero-order valence-electron chi connectivity index (χ0n) is 39.0. The molecule has 2 aromatic rings. The van der Waals surface area contributed by atoms with Gasteiger partial charge in [-0.05, 0) is 86.0 Å². The molecule has 0 unspecified atom stereocenters. The number of carbonyl (C=O) groups excluding carboxylic acids is 5. The molecule has 0 saturated carbocycles. The van der Waals surface area contributed by atoms with Crippen LogP contribution in [0.1, 0.15) is 101 Å². The predicted octanol–water partition coefficient (Wildman–Crippen LogP) is 6.16. The predicted molar refractivity (Wildman–Crippen MR) is 232 cm³/mol. The summed E-state index contributed by atoms with van der Waals surface area (Å²) in [5, 5.41) is 11.4. The number of methoxy groups -OCH3 is 1. The molecule has 2 amide bonds. The van der Waals surface area contributed by atoms with Gasteiger partial charge >= 0.3 is 12.1 Å². The maximum absolute atomic E-state index is 14.8. The Balaban J connectivity index is 1.41. The first-order valence-electron chi connectivity index (χ1n) is 22.2. The highest BCUT2D eigenvalue weighted by Crippen LogP contribution is 2.43. The molecule has 3 saturated heterocycles. The summed E-state index contributed by atoms with van der Waals surface area (Å²) in [6.07, 6.45) is 0.992. The summed E-state index contributed by atoms with van der Waals surface area (Å²) < 4.78 is 33.6. The lowest BCUT2D eigenvalue weighted by Crippen LogP contribution is -2.59. The molecule has 3 fully saturated rings. The number of anilines is 1. The topological polar surface area (TPSA) is 181 Å². The van der Waals surface area contributed by atoms with Crippen LogP contribution in [0.5, 0.6) is 0 Å². The minimum Gasteiger partial charge on any atom is -0.458 e. The van der Waals surface area contributed by atoms with E-state index in [4.69, 9.17) is 23.7 Å². The smallest absolute Gasteiger partial charge is 0.410 e. The van der Waals surface area contributed by atoms with Crippen LogP contribution in [0, 0.1) is 29.6 Å². The molecule has 0 spiro atoms. The van der Waals surface area contributed by atoms with Gasteiger partial charge in [-0.15, -0.1) is 5.10 Å². The van der Waals surface area contributed by atoms with Crippen molar-refractivity contribution in [2.75, 3.05) is 33.1 Å². The Morgan fingerprint density at radius 1 is 1.00 bits per heavy atom. The third-order valence-corrected chi connectivity index (χ3v) is 13.6. The Morgan fingerprint density at radius 2 is 1.69 bits per heavy atom. The molecule has 344 valence electrons. The molecule has 1 aromatic heterocycles. The van der Waals surface area contributed by atoms with Crippen LogP contribution in [0.2, 0.25) is 0 Å². The minimum atomic E-state index is -1.41. The van der Waals surface area contributed by atoms with E-state index < -0.39 is 77.3 Å². The highest BCUT2D eigenvalue weighted by Gasteiger charge is 2.60. The number of aromatic nitrogens is 3. The number of unbranched alkanes of at least 4 members (excludes halogenated alkanes) is 1. The van der Waals surface area contributed by atoms with Gasteiger partial charge in [-0.1, -0.05) is 52.0 Å². The van der Waals surface area contributed by atoms with Crippen LogP contribution >= 0.6 is 0 Å². The van der Waals surface area contributed by atoms with Gasteiger partial charge in [-0.3, -0.25) is 23.9 Å². The first-order chi connectivity index (χ1) is 29.1. The Morgan fingerprint density at radius 3 is 2.34 bits per heavy atom. The molecule has 0 aliphatic carbocycles. The van der Waals surface area contributed by atoms with Crippen LogP contribution in [0.15, 0.2) is 30.5 Å². The van der Waals surface area contributed by atoms with Gasteiger partial charge in [0.15, 0.2) is 17.7 Å². The lowest BCUT2D eigenvalue weighted by molar-refractivity contribution is -0.280. The first kappa shape index (κ1) is 48.8. The van der Waals surface area contributed by atoms with Gasteiger partial charge in [0, 0.05) is 68.1 Å². The molecule has 0 bridgehead atoms. The van der Waals surface area contributed by atoms with Crippen LogP contribution in [-0.2, 0) is 49.4 Å². The third kappa shape index (κ3) is 10.4. The zero-order chi connectivity index (χ0) is 45.8. The number of hydrogen-bond donors (Lipinski definition) is 1. The lowest BCUT2D eigenvalue weighted by atomic mass is 9.73. The van der Waals surface area contributed by atoms with Gasteiger partial charge in [0.05, 0.1) is 30.0 Å². The number of ether oxygens (including phenoxy) is 5. The number of ketones is 2. The van der Waals surface area contributed by atoms with Gasteiger partial charge < -0.3 is 38.8 Å². The number of esters is 1. The summed E-state index contributed by atoms with van der Waals surface area (Å²) >= 11 is 0.